The topological polar surface area (TPSA) is 140 Å². The summed E-state index contributed by atoms with van der Waals surface area (Å²) in [6, 6.07) is 13.5. The molecule has 176 valence electrons. The second-order valence-corrected chi connectivity index (χ2v) is 7.35. The van der Waals surface area contributed by atoms with Crippen LogP contribution in [0, 0.1) is 10.1 Å². The highest BCUT2D eigenvalue weighted by molar-refractivity contribution is 5.99. The van der Waals surface area contributed by atoms with E-state index >= 15 is 0 Å². The van der Waals surface area contributed by atoms with Crippen LogP contribution in [0.5, 0.6) is 5.75 Å². The molecule has 0 saturated carbocycles. The van der Waals surface area contributed by atoms with E-state index in [1.807, 2.05) is 29.2 Å². The van der Waals surface area contributed by atoms with Gasteiger partial charge in [-0.25, -0.2) is 5.43 Å². The first-order chi connectivity index (χ1) is 16.5. The minimum absolute atomic E-state index is 0.0198. The number of hydrogen-bond donors (Lipinski definition) is 2. The van der Waals surface area contributed by atoms with Crippen molar-refractivity contribution in [2.24, 2.45) is 5.10 Å². The van der Waals surface area contributed by atoms with Crippen LogP contribution in [0.2, 0.25) is 0 Å². The van der Waals surface area contributed by atoms with E-state index in [0.29, 0.717) is 43.9 Å². The number of aromatic nitrogens is 3. The molecule has 1 aromatic heterocycles. The third-order valence-electron chi connectivity index (χ3n) is 5.08. The van der Waals surface area contributed by atoms with Crippen LogP contribution in [-0.2, 0) is 4.74 Å². The van der Waals surface area contributed by atoms with Crippen LogP contribution in [0.25, 0.3) is 0 Å². The van der Waals surface area contributed by atoms with E-state index in [9.17, 15) is 10.1 Å². The Morgan fingerprint density at radius 3 is 2.38 bits per heavy atom. The van der Waals surface area contributed by atoms with Gasteiger partial charge < -0.3 is 19.7 Å². The highest BCUT2D eigenvalue weighted by Crippen LogP contribution is 2.21. The lowest BCUT2D eigenvalue weighted by Crippen LogP contribution is -2.37. The number of non-ortho nitro benzene ring substituents is 1. The van der Waals surface area contributed by atoms with E-state index in [-0.39, 0.29) is 11.6 Å². The lowest BCUT2D eigenvalue weighted by atomic mass is 10.1. The van der Waals surface area contributed by atoms with E-state index in [4.69, 9.17) is 9.47 Å². The summed E-state index contributed by atoms with van der Waals surface area (Å²) in [6.07, 6.45) is 0. The van der Waals surface area contributed by atoms with Crippen molar-refractivity contribution in [2.45, 2.75) is 6.92 Å². The average Bonchev–Trinajstić information content (AvgIpc) is 2.88. The first-order valence-corrected chi connectivity index (χ1v) is 10.6. The molecule has 1 aliphatic rings. The molecule has 12 heteroatoms. The summed E-state index contributed by atoms with van der Waals surface area (Å²) in [5.41, 5.74) is 5.04. The van der Waals surface area contributed by atoms with Crippen LogP contribution >= 0.6 is 0 Å². The van der Waals surface area contributed by atoms with Crippen molar-refractivity contribution in [3.05, 3.63) is 64.2 Å². The van der Waals surface area contributed by atoms with Gasteiger partial charge in [-0.05, 0) is 48.9 Å². The normalized spacial score (nSPS) is 13.9. The van der Waals surface area contributed by atoms with Gasteiger partial charge in [-0.1, -0.05) is 0 Å². The van der Waals surface area contributed by atoms with Crippen molar-refractivity contribution in [3.8, 4) is 5.75 Å². The third kappa shape index (κ3) is 5.72. The molecule has 3 aromatic rings. The van der Waals surface area contributed by atoms with Crippen LogP contribution in [0.1, 0.15) is 12.5 Å². The maximum Gasteiger partial charge on any atom is 0.269 e. The SMILES string of the molecule is COc1ccc(Nc2nc(NN=C(C)c3ccc([N+](=O)[O-])cc3)nc(N3CCOCC3)n2)cc1. The minimum atomic E-state index is -0.441. The summed E-state index contributed by atoms with van der Waals surface area (Å²) in [4.78, 5) is 26.0. The van der Waals surface area contributed by atoms with Gasteiger partial charge in [-0.15, -0.1) is 0 Å². The maximum absolute atomic E-state index is 10.9. The summed E-state index contributed by atoms with van der Waals surface area (Å²) < 4.78 is 10.6. The Labute approximate surface area is 195 Å². The number of nitro groups is 1. The molecule has 2 heterocycles. The molecular formula is C22H24N8O4. The largest absolute Gasteiger partial charge is 0.497 e. The van der Waals surface area contributed by atoms with Gasteiger partial charge in [0.2, 0.25) is 17.8 Å². The van der Waals surface area contributed by atoms with Crippen molar-refractivity contribution in [3.63, 3.8) is 0 Å². The zero-order valence-corrected chi connectivity index (χ0v) is 18.8. The minimum Gasteiger partial charge on any atom is -0.497 e. The molecule has 0 atom stereocenters. The Kier molecular flexibility index (Phi) is 7.08. The number of hydrazone groups is 1. The van der Waals surface area contributed by atoms with Crippen LogP contribution in [0.4, 0.5) is 29.2 Å². The third-order valence-corrected chi connectivity index (χ3v) is 5.08. The molecule has 0 unspecified atom stereocenters. The molecule has 1 fully saturated rings. The van der Waals surface area contributed by atoms with Gasteiger partial charge in [0.25, 0.3) is 5.69 Å². The summed E-state index contributed by atoms with van der Waals surface area (Å²) in [6.45, 7) is 4.29. The molecule has 1 aliphatic heterocycles. The molecular weight excluding hydrogens is 440 g/mol. The quantitative estimate of drug-likeness (QED) is 0.290. The average molecular weight is 464 g/mol. The second kappa shape index (κ2) is 10.5. The number of nitrogens with zero attached hydrogens (tertiary/aromatic N) is 6. The Hall–Kier alpha value is -4.32. The number of nitro benzene ring substituents is 1. The molecule has 2 aromatic carbocycles. The zero-order valence-electron chi connectivity index (χ0n) is 18.8. The van der Waals surface area contributed by atoms with Gasteiger partial charge in [0.15, 0.2) is 0 Å². The number of benzene rings is 2. The molecule has 34 heavy (non-hydrogen) atoms. The molecule has 0 amide bonds. The number of methoxy groups -OCH3 is 1. The van der Waals surface area contributed by atoms with E-state index in [0.717, 1.165) is 17.0 Å². The van der Waals surface area contributed by atoms with Gasteiger partial charge in [0.1, 0.15) is 5.75 Å². The van der Waals surface area contributed by atoms with E-state index in [1.165, 1.54) is 12.1 Å². The van der Waals surface area contributed by atoms with Crippen molar-refractivity contribution in [1.82, 2.24) is 15.0 Å². The second-order valence-electron chi connectivity index (χ2n) is 7.35. The molecule has 2 N–H and O–H groups in total. The predicted octanol–water partition coefficient (Wildman–Crippen LogP) is 3.20. The fraction of sp³-hybridized carbons (Fsp3) is 0.273. The first kappa shape index (κ1) is 22.9. The fourth-order valence-corrected chi connectivity index (χ4v) is 3.20. The fourth-order valence-electron chi connectivity index (χ4n) is 3.20. The van der Waals surface area contributed by atoms with E-state index in [2.05, 4.69) is 30.8 Å². The standard InChI is InChI=1S/C22H24N8O4/c1-15(16-3-7-18(8-4-16)30(31)32)27-28-21-24-20(23-17-5-9-19(33-2)10-6-17)25-22(26-21)29-11-13-34-14-12-29/h3-10H,11-14H2,1-2H3,(H2,23,24,25,26,28). The molecule has 0 aliphatic carbocycles. The highest BCUT2D eigenvalue weighted by atomic mass is 16.6. The van der Waals surface area contributed by atoms with Crippen molar-refractivity contribution >= 4 is 34.9 Å². The Morgan fingerprint density at radius 1 is 1.06 bits per heavy atom. The van der Waals surface area contributed by atoms with Gasteiger partial charge in [-0.2, -0.15) is 20.1 Å². The monoisotopic (exact) mass is 464 g/mol. The lowest BCUT2D eigenvalue weighted by Gasteiger charge is -2.27. The molecule has 0 spiro atoms. The Bertz CT molecular complexity index is 1160. The molecule has 1 saturated heterocycles. The maximum atomic E-state index is 10.9. The van der Waals surface area contributed by atoms with Gasteiger partial charge in [-0.3, -0.25) is 10.1 Å². The van der Waals surface area contributed by atoms with Crippen LogP contribution in [0.15, 0.2) is 53.6 Å². The van der Waals surface area contributed by atoms with Crippen LogP contribution in [0.3, 0.4) is 0 Å². The van der Waals surface area contributed by atoms with Gasteiger partial charge >= 0.3 is 0 Å². The molecule has 12 nitrogen and oxygen atoms in total. The number of ether oxygens (including phenoxy) is 2. The number of rotatable bonds is 8. The summed E-state index contributed by atoms with van der Waals surface area (Å²) >= 11 is 0. The number of nitrogens with one attached hydrogen (secondary N) is 2. The smallest absolute Gasteiger partial charge is 0.269 e. The molecule has 0 radical (unpaired) electrons. The van der Waals surface area contributed by atoms with E-state index < -0.39 is 4.92 Å². The Balaban J connectivity index is 1.57. The van der Waals surface area contributed by atoms with E-state index in [1.54, 1.807) is 26.2 Å². The summed E-state index contributed by atoms with van der Waals surface area (Å²) in [7, 11) is 1.61. The van der Waals surface area contributed by atoms with Crippen LogP contribution in [-0.4, -0.2) is 59.0 Å². The number of hydrogen-bond acceptors (Lipinski definition) is 11. The van der Waals surface area contributed by atoms with Crippen molar-refractivity contribution < 1.29 is 14.4 Å². The summed E-state index contributed by atoms with van der Waals surface area (Å²) in [5.74, 6) is 1.86. The predicted molar refractivity (Wildman–Crippen MR) is 128 cm³/mol. The molecule has 0 bridgehead atoms. The first-order valence-electron chi connectivity index (χ1n) is 10.6. The number of morpholine rings is 1. The zero-order chi connectivity index (χ0) is 23.9. The number of anilines is 4. The highest BCUT2D eigenvalue weighted by Gasteiger charge is 2.17. The molecule has 4 rings (SSSR count). The lowest BCUT2D eigenvalue weighted by molar-refractivity contribution is -0.384. The van der Waals surface area contributed by atoms with Gasteiger partial charge in [0, 0.05) is 30.9 Å². The van der Waals surface area contributed by atoms with Gasteiger partial charge in [0.05, 0.1) is 31.0 Å². The van der Waals surface area contributed by atoms with Crippen LogP contribution < -0.4 is 20.4 Å². The Morgan fingerprint density at radius 2 is 1.74 bits per heavy atom. The summed E-state index contributed by atoms with van der Waals surface area (Å²) in [5, 5.41) is 18.4. The van der Waals surface area contributed by atoms with Crippen molar-refractivity contribution in [1.29, 1.82) is 0 Å². The van der Waals surface area contributed by atoms with Crippen molar-refractivity contribution in [2.75, 3.05) is 49.1 Å².